The van der Waals surface area contributed by atoms with Gasteiger partial charge in [-0.3, -0.25) is 4.79 Å². The average molecular weight is 364 g/mol. The van der Waals surface area contributed by atoms with E-state index in [-0.39, 0.29) is 35.9 Å². The van der Waals surface area contributed by atoms with Crippen LogP contribution in [0.2, 0.25) is 0 Å². The van der Waals surface area contributed by atoms with Crippen LogP contribution < -0.4 is 15.8 Å². The number of ether oxygens (including phenoxy) is 1. The van der Waals surface area contributed by atoms with Crippen LogP contribution >= 0.6 is 0 Å². The van der Waals surface area contributed by atoms with E-state index in [0.717, 1.165) is 24.1 Å². The lowest BCUT2D eigenvalue weighted by Gasteiger charge is -2.16. The largest absolute Gasteiger partial charge is 0.493 e. The first kappa shape index (κ1) is 19.7. The maximum absolute atomic E-state index is 14.1. The van der Waals surface area contributed by atoms with Gasteiger partial charge in [0, 0.05) is 12.7 Å². The van der Waals surface area contributed by atoms with Crippen LogP contribution in [0.1, 0.15) is 35.2 Å². The van der Waals surface area contributed by atoms with Crippen LogP contribution in [-0.4, -0.2) is 24.2 Å². The van der Waals surface area contributed by atoms with Gasteiger partial charge >= 0.3 is 0 Å². The van der Waals surface area contributed by atoms with Crippen LogP contribution in [0.15, 0.2) is 30.3 Å². The molecule has 4 N–H and O–H groups in total. The summed E-state index contributed by atoms with van der Waals surface area (Å²) in [6.45, 7) is 2.07. The fraction of sp³-hybridized carbons (Fsp3) is 0.316. The molecule has 2 rings (SSSR count). The molecule has 0 fully saturated rings. The van der Waals surface area contributed by atoms with E-state index in [1.807, 2.05) is 0 Å². The van der Waals surface area contributed by atoms with E-state index in [0.29, 0.717) is 12.8 Å². The third-order valence-corrected chi connectivity index (χ3v) is 3.77. The standard InChI is InChI=1S/C19H22F2N2O3/c1-12-5-6-15(14(21)9-12)23-16-10-13(20)11-17(18(16)19(22)25)26-8-4-2-3-7-24/h5-6,9-11,23-24H,2-4,7-8H2,1H3,(H2,22,25). The highest BCUT2D eigenvalue weighted by atomic mass is 19.1. The second-order valence-electron chi connectivity index (χ2n) is 5.93. The van der Waals surface area contributed by atoms with Crippen LogP contribution in [-0.2, 0) is 0 Å². The molecule has 0 aliphatic carbocycles. The Kier molecular flexibility index (Phi) is 6.91. The fourth-order valence-electron chi connectivity index (χ4n) is 2.49. The number of anilines is 2. The summed E-state index contributed by atoms with van der Waals surface area (Å²) in [6.07, 6.45) is 2.00. The molecule has 0 radical (unpaired) electrons. The lowest BCUT2D eigenvalue weighted by molar-refractivity contribution is 0.0997. The number of amides is 1. The Morgan fingerprint density at radius 2 is 1.92 bits per heavy atom. The molecule has 0 unspecified atom stereocenters. The van der Waals surface area contributed by atoms with E-state index in [4.69, 9.17) is 15.6 Å². The van der Waals surface area contributed by atoms with Crippen molar-refractivity contribution >= 4 is 17.3 Å². The first-order valence-electron chi connectivity index (χ1n) is 8.32. The summed E-state index contributed by atoms with van der Waals surface area (Å²) in [5.41, 5.74) is 6.24. The van der Waals surface area contributed by atoms with Gasteiger partial charge in [-0.1, -0.05) is 6.07 Å². The number of nitrogens with two attached hydrogens (primary N) is 1. The number of carbonyl (C=O) groups excluding carboxylic acids is 1. The summed E-state index contributed by atoms with van der Waals surface area (Å²) in [5, 5.41) is 11.5. The molecular weight excluding hydrogens is 342 g/mol. The Labute approximate surface area is 150 Å². The smallest absolute Gasteiger partial charge is 0.254 e. The molecule has 0 aliphatic rings. The normalized spacial score (nSPS) is 10.6. The molecule has 0 spiro atoms. The van der Waals surface area contributed by atoms with Crippen molar-refractivity contribution in [3.8, 4) is 5.75 Å². The van der Waals surface area contributed by atoms with E-state index in [9.17, 15) is 13.6 Å². The van der Waals surface area contributed by atoms with Crippen LogP contribution in [0.3, 0.4) is 0 Å². The molecule has 2 aromatic rings. The second kappa shape index (κ2) is 9.15. The summed E-state index contributed by atoms with van der Waals surface area (Å²) in [6, 6.07) is 6.65. The first-order valence-corrected chi connectivity index (χ1v) is 8.32. The molecule has 0 heterocycles. The van der Waals surface area contributed by atoms with Gasteiger partial charge in [0.25, 0.3) is 5.91 Å². The number of halogens is 2. The van der Waals surface area contributed by atoms with E-state index in [2.05, 4.69) is 5.32 Å². The highest BCUT2D eigenvalue weighted by Crippen LogP contribution is 2.31. The van der Waals surface area contributed by atoms with Gasteiger partial charge in [-0.05, 0) is 49.9 Å². The predicted octanol–water partition coefficient (Wildman–Crippen LogP) is 3.66. The highest BCUT2D eigenvalue weighted by Gasteiger charge is 2.18. The number of rotatable bonds is 9. The van der Waals surface area contributed by atoms with Crippen molar-refractivity contribution in [2.75, 3.05) is 18.5 Å². The summed E-state index contributed by atoms with van der Waals surface area (Å²) < 4.78 is 33.5. The molecule has 0 atom stereocenters. The molecule has 0 aromatic heterocycles. The first-order chi connectivity index (χ1) is 12.4. The molecule has 5 nitrogen and oxygen atoms in total. The third-order valence-electron chi connectivity index (χ3n) is 3.77. The Balaban J connectivity index is 2.28. The molecular formula is C19H22F2N2O3. The quantitative estimate of drug-likeness (QED) is 0.593. The topological polar surface area (TPSA) is 84.6 Å². The number of aliphatic hydroxyl groups excluding tert-OH is 1. The summed E-state index contributed by atoms with van der Waals surface area (Å²) in [4.78, 5) is 11.9. The van der Waals surface area contributed by atoms with Crippen molar-refractivity contribution in [2.24, 2.45) is 5.73 Å². The maximum atomic E-state index is 14.1. The average Bonchev–Trinajstić information content (AvgIpc) is 2.56. The Morgan fingerprint density at radius 3 is 2.58 bits per heavy atom. The minimum absolute atomic E-state index is 0.00322. The van der Waals surface area contributed by atoms with Crippen LogP contribution in [0.5, 0.6) is 5.75 Å². The number of benzene rings is 2. The molecule has 0 saturated carbocycles. The van der Waals surface area contributed by atoms with Crippen LogP contribution in [0.25, 0.3) is 0 Å². The number of carbonyl (C=O) groups is 1. The number of aliphatic hydroxyl groups is 1. The van der Waals surface area contributed by atoms with E-state index >= 15 is 0 Å². The van der Waals surface area contributed by atoms with E-state index in [1.165, 1.54) is 12.1 Å². The summed E-state index contributed by atoms with van der Waals surface area (Å²) in [5.74, 6) is -1.99. The minimum atomic E-state index is -0.814. The van der Waals surface area contributed by atoms with Gasteiger partial charge < -0.3 is 20.9 Å². The zero-order chi connectivity index (χ0) is 19.1. The SMILES string of the molecule is Cc1ccc(Nc2cc(F)cc(OCCCCCO)c2C(N)=O)c(F)c1. The van der Waals surface area contributed by atoms with Crippen molar-refractivity contribution in [2.45, 2.75) is 26.2 Å². The van der Waals surface area contributed by atoms with Crippen LogP contribution in [0.4, 0.5) is 20.2 Å². The fourth-order valence-corrected chi connectivity index (χ4v) is 2.49. The molecule has 7 heteroatoms. The molecule has 0 bridgehead atoms. The minimum Gasteiger partial charge on any atom is -0.493 e. The van der Waals surface area contributed by atoms with Crippen molar-refractivity contribution in [3.63, 3.8) is 0 Å². The zero-order valence-electron chi connectivity index (χ0n) is 14.5. The van der Waals surface area contributed by atoms with Crippen molar-refractivity contribution < 1.29 is 23.4 Å². The van der Waals surface area contributed by atoms with Gasteiger partial charge in [0.2, 0.25) is 0 Å². The van der Waals surface area contributed by atoms with Crippen LogP contribution in [0, 0.1) is 18.6 Å². The number of unbranched alkanes of at least 4 members (excludes halogenated alkanes) is 2. The van der Waals surface area contributed by atoms with Crippen molar-refractivity contribution in [1.82, 2.24) is 0 Å². The number of hydrogen-bond donors (Lipinski definition) is 3. The Hall–Kier alpha value is -2.67. The number of aryl methyl sites for hydroxylation is 1. The maximum Gasteiger partial charge on any atom is 0.254 e. The molecule has 0 aliphatic heterocycles. The summed E-state index contributed by atoms with van der Waals surface area (Å²) >= 11 is 0. The van der Waals surface area contributed by atoms with Crippen molar-refractivity contribution in [3.05, 3.63) is 53.1 Å². The van der Waals surface area contributed by atoms with Gasteiger partial charge in [0.1, 0.15) is 22.9 Å². The van der Waals surface area contributed by atoms with Crippen molar-refractivity contribution in [1.29, 1.82) is 0 Å². The number of hydrogen-bond acceptors (Lipinski definition) is 4. The monoisotopic (exact) mass is 364 g/mol. The zero-order valence-corrected chi connectivity index (χ0v) is 14.5. The molecule has 140 valence electrons. The molecule has 1 amide bonds. The molecule has 2 aromatic carbocycles. The van der Waals surface area contributed by atoms with E-state index < -0.39 is 17.5 Å². The molecule has 26 heavy (non-hydrogen) atoms. The lowest BCUT2D eigenvalue weighted by Crippen LogP contribution is -2.16. The van der Waals surface area contributed by atoms with Gasteiger partial charge in [-0.25, -0.2) is 8.78 Å². The van der Waals surface area contributed by atoms with Gasteiger partial charge in [-0.15, -0.1) is 0 Å². The Bertz CT molecular complexity index is 782. The predicted molar refractivity (Wildman–Crippen MR) is 95.8 cm³/mol. The summed E-state index contributed by atoms with van der Waals surface area (Å²) in [7, 11) is 0. The Morgan fingerprint density at radius 1 is 1.15 bits per heavy atom. The van der Waals surface area contributed by atoms with Gasteiger partial charge in [0.05, 0.1) is 18.0 Å². The van der Waals surface area contributed by atoms with E-state index in [1.54, 1.807) is 13.0 Å². The van der Waals surface area contributed by atoms with Gasteiger partial charge in [0.15, 0.2) is 0 Å². The number of nitrogens with one attached hydrogen (secondary N) is 1. The second-order valence-corrected chi connectivity index (χ2v) is 5.93. The third kappa shape index (κ3) is 5.16. The lowest BCUT2D eigenvalue weighted by atomic mass is 10.1. The number of primary amides is 1. The highest BCUT2D eigenvalue weighted by molar-refractivity contribution is 6.02. The van der Waals surface area contributed by atoms with Gasteiger partial charge in [-0.2, -0.15) is 0 Å². The molecule has 0 saturated heterocycles.